The molecule has 4 nitrogen and oxygen atoms in total. The Kier molecular flexibility index (Phi) is 3.26. The summed E-state index contributed by atoms with van der Waals surface area (Å²) >= 11 is 0. The lowest BCUT2D eigenvalue weighted by Gasteiger charge is -2.17. The van der Waals surface area contributed by atoms with Crippen LogP contribution < -0.4 is 4.74 Å². The number of benzene rings is 1. The third-order valence-corrected chi connectivity index (χ3v) is 4.68. The van der Waals surface area contributed by atoms with Gasteiger partial charge in [0.15, 0.2) is 0 Å². The second-order valence-electron chi connectivity index (χ2n) is 6.27. The molecule has 1 saturated carbocycles. The van der Waals surface area contributed by atoms with E-state index in [-0.39, 0.29) is 0 Å². The second-order valence-corrected chi connectivity index (χ2v) is 6.27. The summed E-state index contributed by atoms with van der Waals surface area (Å²) in [5, 5.41) is 0. The molecule has 0 bridgehead atoms. The van der Waals surface area contributed by atoms with Crippen LogP contribution in [0.2, 0.25) is 0 Å². The van der Waals surface area contributed by atoms with E-state index in [2.05, 4.69) is 39.7 Å². The van der Waals surface area contributed by atoms with E-state index in [9.17, 15) is 0 Å². The molecule has 2 heterocycles. The lowest BCUT2D eigenvalue weighted by atomic mass is 9.99. The van der Waals surface area contributed by atoms with Crippen LogP contribution >= 0.6 is 0 Å². The summed E-state index contributed by atoms with van der Waals surface area (Å²) in [6.45, 7) is 4.15. The average Bonchev–Trinajstić information content (AvgIpc) is 3.18. The molecule has 118 valence electrons. The van der Waals surface area contributed by atoms with Gasteiger partial charge in [-0.05, 0) is 55.9 Å². The fraction of sp³-hybridized carbons (Fsp3) is 0.316. The van der Waals surface area contributed by atoms with Gasteiger partial charge in [-0.25, -0.2) is 4.98 Å². The summed E-state index contributed by atoms with van der Waals surface area (Å²) in [7, 11) is 1.73. The predicted molar refractivity (Wildman–Crippen MR) is 91.4 cm³/mol. The SMILES string of the molecule is COc1cc(-n2ccnc2C)c(C2CC2)cc1-c1[nH]ccc1C. The largest absolute Gasteiger partial charge is 0.496 e. The van der Waals surface area contributed by atoms with Crippen molar-refractivity contribution in [2.45, 2.75) is 32.6 Å². The van der Waals surface area contributed by atoms with Crippen LogP contribution in [0.25, 0.3) is 16.9 Å². The van der Waals surface area contributed by atoms with Gasteiger partial charge in [0.1, 0.15) is 11.6 Å². The number of nitrogens with zero attached hydrogens (tertiary/aromatic N) is 2. The number of aryl methyl sites for hydroxylation is 2. The van der Waals surface area contributed by atoms with Crippen LogP contribution in [-0.4, -0.2) is 21.6 Å². The Morgan fingerprint density at radius 1 is 1.26 bits per heavy atom. The molecule has 0 radical (unpaired) electrons. The Morgan fingerprint density at radius 3 is 2.65 bits per heavy atom. The van der Waals surface area contributed by atoms with Crippen molar-refractivity contribution in [1.29, 1.82) is 0 Å². The van der Waals surface area contributed by atoms with Crippen LogP contribution in [0.3, 0.4) is 0 Å². The highest BCUT2D eigenvalue weighted by Crippen LogP contribution is 2.46. The van der Waals surface area contributed by atoms with Crippen LogP contribution in [0.5, 0.6) is 5.75 Å². The molecule has 3 aromatic rings. The number of methoxy groups -OCH3 is 1. The number of rotatable bonds is 4. The number of aromatic nitrogens is 3. The molecule has 0 atom stereocenters. The molecule has 23 heavy (non-hydrogen) atoms. The maximum absolute atomic E-state index is 5.70. The normalized spacial score (nSPS) is 14.2. The minimum Gasteiger partial charge on any atom is -0.496 e. The summed E-state index contributed by atoms with van der Waals surface area (Å²) in [5.41, 5.74) is 6.08. The van der Waals surface area contributed by atoms with Crippen LogP contribution in [0.4, 0.5) is 0 Å². The van der Waals surface area contributed by atoms with Crippen molar-refractivity contribution in [3.05, 3.63) is 53.7 Å². The summed E-state index contributed by atoms with van der Waals surface area (Å²) in [6.07, 6.45) is 8.37. The molecule has 2 aromatic heterocycles. The molecule has 1 aliphatic carbocycles. The number of imidazole rings is 1. The summed E-state index contributed by atoms with van der Waals surface area (Å²) < 4.78 is 7.86. The third-order valence-electron chi connectivity index (χ3n) is 4.68. The number of H-pyrrole nitrogens is 1. The lowest BCUT2D eigenvalue weighted by Crippen LogP contribution is -2.02. The first-order chi connectivity index (χ1) is 11.2. The van der Waals surface area contributed by atoms with Gasteiger partial charge in [-0.2, -0.15) is 0 Å². The highest BCUT2D eigenvalue weighted by Gasteiger charge is 2.29. The van der Waals surface area contributed by atoms with Gasteiger partial charge in [0, 0.05) is 30.2 Å². The standard InChI is InChI=1S/C19H21N3O/c1-12-6-7-21-19(12)16-10-15(14-4-5-14)17(11-18(16)23-3)22-9-8-20-13(22)2/h6-11,14,21H,4-5H2,1-3H3. The van der Waals surface area contributed by atoms with E-state index in [0.717, 1.165) is 22.8 Å². The van der Waals surface area contributed by atoms with Crippen molar-refractivity contribution >= 4 is 0 Å². The van der Waals surface area contributed by atoms with Crippen molar-refractivity contribution in [2.24, 2.45) is 0 Å². The molecule has 0 aliphatic heterocycles. The molecule has 1 aliphatic rings. The zero-order valence-electron chi connectivity index (χ0n) is 13.8. The van der Waals surface area contributed by atoms with Gasteiger partial charge in [-0.3, -0.25) is 0 Å². The van der Waals surface area contributed by atoms with Crippen LogP contribution in [0.1, 0.15) is 35.7 Å². The maximum atomic E-state index is 5.70. The van der Waals surface area contributed by atoms with Gasteiger partial charge >= 0.3 is 0 Å². The molecule has 0 saturated heterocycles. The number of ether oxygens (including phenoxy) is 1. The third kappa shape index (κ3) is 2.34. The fourth-order valence-electron chi connectivity index (χ4n) is 3.25. The van der Waals surface area contributed by atoms with E-state index in [4.69, 9.17) is 4.74 Å². The van der Waals surface area contributed by atoms with E-state index in [1.807, 2.05) is 25.5 Å². The maximum Gasteiger partial charge on any atom is 0.130 e. The first-order valence-electron chi connectivity index (χ1n) is 8.05. The van der Waals surface area contributed by atoms with E-state index in [0.29, 0.717) is 5.92 Å². The summed E-state index contributed by atoms with van der Waals surface area (Å²) in [4.78, 5) is 7.72. The quantitative estimate of drug-likeness (QED) is 0.777. The summed E-state index contributed by atoms with van der Waals surface area (Å²) in [5.74, 6) is 2.53. The smallest absolute Gasteiger partial charge is 0.130 e. The van der Waals surface area contributed by atoms with E-state index < -0.39 is 0 Å². The Balaban J connectivity index is 1.95. The molecule has 4 heteroatoms. The fourth-order valence-corrected chi connectivity index (χ4v) is 3.25. The molecule has 0 spiro atoms. The van der Waals surface area contributed by atoms with Gasteiger partial charge in [0.25, 0.3) is 0 Å². The van der Waals surface area contributed by atoms with Gasteiger partial charge in [0.05, 0.1) is 18.5 Å². The van der Waals surface area contributed by atoms with Gasteiger partial charge in [-0.15, -0.1) is 0 Å². The highest BCUT2D eigenvalue weighted by molar-refractivity contribution is 5.74. The van der Waals surface area contributed by atoms with E-state index in [1.54, 1.807) is 7.11 Å². The van der Waals surface area contributed by atoms with Crippen molar-refractivity contribution in [3.63, 3.8) is 0 Å². The van der Waals surface area contributed by atoms with Crippen molar-refractivity contribution < 1.29 is 4.74 Å². The zero-order chi connectivity index (χ0) is 16.0. The zero-order valence-corrected chi connectivity index (χ0v) is 13.8. The van der Waals surface area contributed by atoms with Crippen LogP contribution in [0.15, 0.2) is 36.8 Å². The van der Waals surface area contributed by atoms with Crippen molar-refractivity contribution in [3.8, 4) is 22.7 Å². The molecule has 4 rings (SSSR count). The molecule has 1 N–H and O–H groups in total. The minimum absolute atomic E-state index is 0.645. The van der Waals surface area contributed by atoms with E-state index >= 15 is 0 Å². The monoisotopic (exact) mass is 307 g/mol. The number of hydrogen-bond acceptors (Lipinski definition) is 2. The molecule has 0 amide bonds. The van der Waals surface area contributed by atoms with Crippen molar-refractivity contribution in [1.82, 2.24) is 14.5 Å². The Bertz CT molecular complexity index is 855. The molecule has 1 aromatic carbocycles. The van der Waals surface area contributed by atoms with Gasteiger partial charge in [0.2, 0.25) is 0 Å². The molecular weight excluding hydrogens is 286 g/mol. The Morgan fingerprint density at radius 2 is 2.09 bits per heavy atom. The molecule has 1 fully saturated rings. The number of nitrogens with one attached hydrogen (secondary N) is 1. The van der Waals surface area contributed by atoms with Crippen LogP contribution in [-0.2, 0) is 0 Å². The number of hydrogen-bond donors (Lipinski definition) is 1. The number of aromatic amines is 1. The second kappa shape index (κ2) is 5.30. The first kappa shape index (κ1) is 14.1. The average molecular weight is 307 g/mol. The van der Waals surface area contributed by atoms with E-state index in [1.165, 1.54) is 29.7 Å². The highest BCUT2D eigenvalue weighted by atomic mass is 16.5. The Hall–Kier alpha value is -2.49. The Labute approximate surface area is 136 Å². The topological polar surface area (TPSA) is 42.8 Å². The summed E-state index contributed by atoms with van der Waals surface area (Å²) in [6, 6.07) is 6.54. The first-order valence-corrected chi connectivity index (χ1v) is 8.05. The van der Waals surface area contributed by atoms with Crippen molar-refractivity contribution in [2.75, 3.05) is 7.11 Å². The van der Waals surface area contributed by atoms with Gasteiger partial charge < -0.3 is 14.3 Å². The minimum atomic E-state index is 0.645. The van der Waals surface area contributed by atoms with Crippen LogP contribution in [0, 0.1) is 13.8 Å². The lowest BCUT2D eigenvalue weighted by molar-refractivity contribution is 0.416. The predicted octanol–water partition coefficient (Wildman–Crippen LogP) is 4.37. The molecular formula is C19H21N3O. The molecule has 0 unspecified atom stereocenters. The van der Waals surface area contributed by atoms with Gasteiger partial charge in [-0.1, -0.05) is 0 Å².